The number of ketones is 1. The minimum atomic E-state index is -1.98. The largest absolute Gasteiger partial charge is 0.462 e. The Morgan fingerprint density at radius 2 is 1.93 bits per heavy atom. The summed E-state index contributed by atoms with van der Waals surface area (Å²) in [5.41, 5.74) is -0.730. The number of aliphatic hydroxyl groups is 3. The molecule has 27 heavy (non-hydrogen) atoms. The molecule has 0 aromatic rings. The number of esters is 1. The molecular weight excluding hydrogens is 352 g/mol. The third kappa shape index (κ3) is 1.69. The predicted octanol–water partition coefficient (Wildman–Crippen LogP) is 0.0863. The van der Waals surface area contributed by atoms with Crippen molar-refractivity contribution in [3.63, 3.8) is 0 Å². The van der Waals surface area contributed by atoms with E-state index < -0.39 is 52.5 Å². The maximum absolute atomic E-state index is 12.5. The minimum Gasteiger partial charge on any atom is -0.462 e. The lowest BCUT2D eigenvalue weighted by molar-refractivity contribution is -0.305. The molecule has 0 unspecified atom stereocenters. The molecule has 0 amide bonds. The molecule has 3 aliphatic carbocycles. The second-order valence-electron chi connectivity index (χ2n) is 9.15. The highest BCUT2D eigenvalue weighted by atomic mass is 16.6. The van der Waals surface area contributed by atoms with E-state index in [0.717, 1.165) is 5.57 Å². The fourth-order valence-electron chi connectivity index (χ4n) is 7.14. The van der Waals surface area contributed by atoms with Gasteiger partial charge in [-0.25, -0.2) is 0 Å². The van der Waals surface area contributed by atoms with Gasteiger partial charge in [0.15, 0.2) is 11.6 Å². The van der Waals surface area contributed by atoms with Crippen LogP contribution in [-0.4, -0.2) is 57.8 Å². The number of fused-ring (bicyclic) bond motifs is 1. The maximum Gasteiger partial charge on any atom is 0.306 e. The van der Waals surface area contributed by atoms with E-state index in [1.165, 1.54) is 6.08 Å². The molecule has 0 radical (unpaired) electrons. The van der Waals surface area contributed by atoms with Crippen LogP contribution in [0.5, 0.6) is 0 Å². The molecule has 5 rings (SSSR count). The van der Waals surface area contributed by atoms with Crippen LogP contribution >= 0.6 is 0 Å². The molecule has 5 aliphatic rings. The van der Waals surface area contributed by atoms with Gasteiger partial charge in [-0.05, 0) is 30.9 Å². The molecule has 2 saturated carbocycles. The lowest BCUT2D eigenvalue weighted by Crippen LogP contribution is -2.74. The monoisotopic (exact) mass is 376 g/mol. The van der Waals surface area contributed by atoms with Crippen molar-refractivity contribution in [1.82, 2.24) is 0 Å². The molecule has 9 atom stereocenters. The topological polar surface area (TPSA) is 113 Å². The number of carbonyl (C=O) groups excluding carboxylic acids is 2. The highest BCUT2D eigenvalue weighted by molar-refractivity contribution is 5.96. The average Bonchev–Trinajstić information content (AvgIpc) is 2.90. The summed E-state index contributed by atoms with van der Waals surface area (Å²) in [6.45, 7) is 7.64. The SMILES string of the molecule is C=C1[C@@H](O)[C@]2(O)OC[C@@]34[C@H]2[C@@]2(C)[C@@H](O)C(=O)C=C(C)[C@@H]2C[C@H]3OC(=O)C[C@@H]14. The normalized spacial score (nSPS) is 56.2. The Labute approximate surface area is 156 Å². The molecule has 0 aromatic heterocycles. The van der Waals surface area contributed by atoms with Crippen LogP contribution in [0.15, 0.2) is 23.8 Å². The van der Waals surface area contributed by atoms with E-state index in [-0.39, 0.29) is 24.9 Å². The van der Waals surface area contributed by atoms with Crippen molar-refractivity contribution >= 4 is 11.8 Å². The fourth-order valence-corrected chi connectivity index (χ4v) is 7.14. The molecular formula is C20H24O7. The molecule has 3 N–H and O–H groups in total. The van der Waals surface area contributed by atoms with E-state index in [1.54, 1.807) is 6.92 Å². The van der Waals surface area contributed by atoms with Gasteiger partial charge in [0.2, 0.25) is 0 Å². The molecule has 2 heterocycles. The molecule has 2 saturated heterocycles. The van der Waals surface area contributed by atoms with Crippen LogP contribution in [0.4, 0.5) is 0 Å². The number of ether oxygens (including phenoxy) is 2. The summed E-state index contributed by atoms with van der Waals surface area (Å²) >= 11 is 0. The van der Waals surface area contributed by atoms with Gasteiger partial charge in [0.05, 0.1) is 13.0 Å². The van der Waals surface area contributed by atoms with E-state index >= 15 is 0 Å². The van der Waals surface area contributed by atoms with Crippen molar-refractivity contribution < 1.29 is 34.4 Å². The lowest BCUT2D eigenvalue weighted by Gasteiger charge is -2.66. The van der Waals surface area contributed by atoms with Crippen molar-refractivity contribution in [2.75, 3.05) is 6.61 Å². The number of hydrogen-bond donors (Lipinski definition) is 3. The summed E-state index contributed by atoms with van der Waals surface area (Å²) in [5, 5.41) is 33.3. The summed E-state index contributed by atoms with van der Waals surface area (Å²) < 4.78 is 11.5. The van der Waals surface area contributed by atoms with Crippen LogP contribution in [-0.2, 0) is 19.1 Å². The van der Waals surface area contributed by atoms with Gasteiger partial charge in [0.1, 0.15) is 18.3 Å². The van der Waals surface area contributed by atoms with E-state index in [1.807, 2.05) is 6.92 Å². The summed E-state index contributed by atoms with van der Waals surface area (Å²) in [5.74, 6) is -4.25. The summed E-state index contributed by atoms with van der Waals surface area (Å²) in [6.07, 6.45) is -1.36. The van der Waals surface area contributed by atoms with Crippen LogP contribution in [0.2, 0.25) is 0 Å². The van der Waals surface area contributed by atoms with Crippen molar-refractivity contribution in [1.29, 1.82) is 0 Å². The molecule has 2 bridgehead atoms. The first-order valence-corrected chi connectivity index (χ1v) is 9.41. The zero-order valence-corrected chi connectivity index (χ0v) is 15.3. The number of carbonyl (C=O) groups is 2. The van der Waals surface area contributed by atoms with Gasteiger partial charge < -0.3 is 24.8 Å². The van der Waals surface area contributed by atoms with Gasteiger partial charge in [-0.15, -0.1) is 0 Å². The zero-order valence-electron chi connectivity index (χ0n) is 15.3. The zero-order chi connectivity index (χ0) is 19.5. The third-order valence-corrected chi connectivity index (χ3v) is 8.19. The Bertz CT molecular complexity index is 817. The van der Waals surface area contributed by atoms with Crippen molar-refractivity contribution in [3.05, 3.63) is 23.8 Å². The Hall–Kier alpha value is -1.54. The highest BCUT2D eigenvalue weighted by Crippen LogP contribution is 2.73. The first-order chi connectivity index (χ1) is 12.6. The van der Waals surface area contributed by atoms with E-state index in [4.69, 9.17) is 9.47 Å². The first-order valence-electron chi connectivity index (χ1n) is 9.41. The van der Waals surface area contributed by atoms with Crippen LogP contribution in [0.3, 0.4) is 0 Å². The Morgan fingerprint density at radius 3 is 2.63 bits per heavy atom. The third-order valence-electron chi connectivity index (χ3n) is 8.19. The van der Waals surface area contributed by atoms with Gasteiger partial charge in [-0.2, -0.15) is 0 Å². The standard InChI is InChI=1S/C20H24O7/c1-8-4-12(21)16(24)18(3)10(8)5-13-19-7-26-20(25,17(18)19)15(23)9(2)11(19)6-14(22)27-13/h4,10-11,13,15-17,23-25H,2,5-7H2,1,3H3/t10-,11-,13+,15+,16-,17+,18+,19-,20-/m0/s1. The number of rotatable bonds is 0. The van der Waals surface area contributed by atoms with E-state index in [0.29, 0.717) is 12.0 Å². The quantitative estimate of drug-likeness (QED) is 0.405. The molecule has 4 fully saturated rings. The molecule has 2 aliphatic heterocycles. The first kappa shape index (κ1) is 17.6. The number of hydrogen-bond acceptors (Lipinski definition) is 7. The second kappa shape index (κ2) is 4.89. The van der Waals surface area contributed by atoms with Crippen molar-refractivity contribution in [3.8, 4) is 0 Å². The maximum atomic E-state index is 12.5. The minimum absolute atomic E-state index is 0.0436. The molecule has 7 heteroatoms. The highest BCUT2D eigenvalue weighted by Gasteiger charge is 2.81. The smallest absolute Gasteiger partial charge is 0.306 e. The van der Waals surface area contributed by atoms with E-state index in [2.05, 4.69) is 6.58 Å². The molecule has 146 valence electrons. The van der Waals surface area contributed by atoms with Gasteiger partial charge in [0, 0.05) is 22.7 Å². The van der Waals surface area contributed by atoms with Crippen molar-refractivity contribution in [2.45, 2.75) is 50.8 Å². The summed E-state index contributed by atoms with van der Waals surface area (Å²) in [4.78, 5) is 24.8. The number of allylic oxidation sites excluding steroid dienone is 1. The molecule has 7 nitrogen and oxygen atoms in total. The van der Waals surface area contributed by atoms with Crippen molar-refractivity contribution in [2.24, 2.45) is 28.6 Å². The lowest BCUT2D eigenvalue weighted by atomic mass is 9.39. The van der Waals surface area contributed by atoms with Crippen LogP contribution in [0, 0.1) is 28.6 Å². The summed E-state index contributed by atoms with van der Waals surface area (Å²) in [6, 6.07) is 0. The number of aliphatic hydroxyl groups excluding tert-OH is 2. The van der Waals surface area contributed by atoms with Gasteiger partial charge in [-0.1, -0.05) is 19.1 Å². The fraction of sp³-hybridized carbons (Fsp3) is 0.700. The van der Waals surface area contributed by atoms with Crippen LogP contribution in [0.1, 0.15) is 26.7 Å². The Balaban J connectivity index is 1.79. The average molecular weight is 376 g/mol. The van der Waals surface area contributed by atoms with Gasteiger partial charge in [-0.3, -0.25) is 9.59 Å². The second-order valence-corrected chi connectivity index (χ2v) is 9.15. The molecule has 1 spiro atoms. The van der Waals surface area contributed by atoms with Gasteiger partial charge in [0.25, 0.3) is 0 Å². The summed E-state index contributed by atoms with van der Waals surface area (Å²) in [7, 11) is 0. The van der Waals surface area contributed by atoms with Crippen LogP contribution < -0.4 is 0 Å². The Morgan fingerprint density at radius 1 is 1.22 bits per heavy atom. The van der Waals surface area contributed by atoms with Gasteiger partial charge >= 0.3 is 5.97 Å². The van der Waals surface area contributed by atoms with E-state index in [9.17, 15) is 24.9 Å². The van der Waals surface area contributed by atoms with Crippen LogP contribution in [0.25, 0.3) is 0 Å². The predicted molar refractivity (Wildman–Crippen MR) is 90.9 cm³/mol. The molecule has 0 aromatic carbocycles. The Kier molecular flexibility index (Phi) is 3.18.